The van der Waals surface area contributed by atoms with Crippen molar-refractivity contribution in [3.8, 4) is 0 Å². The molecule has 1 saturated carbocycles. The van der Waals surface area contributed by atoms with Crippen LogP contribution in [0.3, 0.4) is 0 Å². The van der Waals surface area contributed by atoms with E-state index in [4.69, 9.17) is 5.73 Å². The minimum atomic E-state index is -0.800. The topological polar surface area (TPSA) is 95.7 Å². The molecular weight excluding hydrogens is 246 g/mol. The summed E-state index contributed by atoms with van der Waals surface area (Å²) in [6, 6.07) is -0.176. The number of likely N-dealkylation sites (tertiary alicyclic amines) is 1. The van der Waals surface area contributed by atoms with Crippen LogP contribution in [0.4, 0.5) is 4.79 Å². The zero-order valence-corrected chi connectivity index (χ0v) is 11.2. The molecule has 0 spiro atoms. The number of rotatable bonds is 2. The second-order valence-corrected chi connectivity index (χ2v) is 5.61. The first-order valence-electron chi connectivity index (χ1n) is 7.11. The van der Waals surface area contributed by atoms with Crippen LogP contribution < -0.4 is 11.1 Å². The summed E-state index contributed by atoms with van der Waals surface area (Å²) in [5, 5.41) is 12.1. The Hall–Kier alpha value is -1.30. The lowest BCUT2D eigenvalue weighted by Crippen LogP contribution is -2.52. The highest BCUT2D eigenvalue weighted by Gasteiger charge is 2.33. The zero-order valence-electron chi connectivity index (χ0n) is 11.2. The van der Waals surface area contributed by atoms with Crippen LogP contribution in [0, 0.1) is 5.92 Å². The van der Waals surface area contributed by atoms with Crippen LogP contribution in [0.15, 0.2) is 0 Å². The molecule has 0 aromatic carbocycles. The van der Waals surface area contributed by atoms with E-state index in [1.807, 2.05) is 0 Å². The number of hydrogen-bond donors (Lipinski definition) is 3. The van der Waals surface area contributed by atoms with Crippen LogP contribution in [-0.4, -0.2) is 47.2 Å². The van der Waals surface area contributed by atoms with Gasteiger partial charge in [0, 0.05) is 25.2 Å². The lowest BCUT2D eigenvalue weighted by molar-refractivity contribution is -0.143. The van der Waals surface area contributed by atoms with Crippen molar-refractivity contribution in [1.29, 1.82) is 0 Å². The molecule has 4 N–H and O–H groups in total. The summed E-state index contributed by atoms with van der Waals surface area (Å²) in [6.07, 6.45) is 4.98. The van der Waals surface area contributed by atoms with Gasteiger partial charge in [0.25, 0.3) is 0 Å². The summed E-state index contributed by atoms with van der Waals surface area (Å²) < 4.78 is 0. The monoisotopic (exact) mass is 269 g/mol. The summed E-state index contributed by atoms with van der Waals surface area (Å²) in [7, 11) is 0. The minimum absolute atomic E-state index is 0.134. The Morgan fingerprint density at radius 3 is 2.37 bits per heavy atom. The van der Waals surface area contributed by atoms with E-state index in [0.717, 1.165) is 32.1 Å². The van der Waals surface area contributed by atoms with Crippen molar-refractivity contribution in [2.45, 2.75) is 50.6 Å². The smallest absolute Gasteiger partial charge is 0.317 e. The average Bonchev–Trinajstić information content (AvgIpc) is 2.39. The van der Waals surface area contributed by atoms with Crippen LogP contribution in [0.2, 0.25) is 0 Å². The van der Waals surface area contributed by atoms with Gasteiger partial charge >= 0.3 is 12.0 Å². The number of carbonyl (C=O) groups excluding carboxylic acids is 1. The summed E-state index contributed by atoms with van der Waals surface area (Å²) in [5.41, 5.74) is 5.81. The third-order valence-corrected chi connectivity index (χ3v) is 4.22. The molecule has 6 heteroatoms. The van der Waals surface area contributed by atoms with E-state index in [-0.39, 0.29) is 18.1 Å². The third kappa shape index (κ3) is 3.59. The number of piperidine rings is 1. The quantitative estimate of drug-likeness (QED) is 0.689. The van der Waals surface area contributed by atoms with E-state index in [1.165, 1.54) is 0 Å². The molecule has 2 fully saturated rings. The highest BCUT2D eigenvalue weighted by Crippen LogP contribution is 2.25. The van der Waals surface area contributed by atoms with Gasteiger partial charge in [-0.3, -0.25) is 4.79 Å². The SMILES string of the molecule is NC1CCN(C(=O)NC2CCCCC2C(=O)O)CC1. The van der Waals surface area contributed by atoms with E-state index in [9.17, 15) is 14.7 Å². The molecule has 2 rings (SSSR count). The number of amides is 2. The lowest BCUT2D eigenvalue weighted by atomic mass is 9.84. The van der Waals surface area contributed by atoms with Crippen LogP contribution in [0.5, 0.6) is 0 Å². The molecular formula is C13H23N3O3. The molecule has 0 bridgehead atoms. The summed E-state index contributed by atoms with van der Waals surface area (Å²) in [4.78, 5) is 25.1. The number of carboxylic acids is 1. The maximum Gasteiger partial charge on any atom is 0.317 e. The molecule has 0 aromatic rings. The van der Waals surface area contributed by atoms with E-state index in [1.54, 1.807) is 4.90 Å². The van der Waals surface area contributed by atoms with Crippen molar-refractivity contribution in [2.24, 2.45) is 11.7 Å². The lowest BCUT2D eigenvalue weighted by Gasteiger charge is -2.34. The highest BCUT2D eigenvalue weighted by molar-refractivity contribution is 5.77. The van der Waals surface area contributed by atoms with Gasteiger partial charge in [-0.25, -0.2) is 4.79 Å². The number of nitrogens with two attached hydrogens (primary N) is 1. The molecule has 108 valence electrons. The van der Waals surface area contributed by atoms with Crippen molar-refractivity contribution in [3.05, 3.63) is 0 Å². The predicted octanol–water partition coefficient (Wildman–Crippen LogP) is 0.762. The average molecular weight is 269 g/mol. The fourth-order valence-corrected chi connectivity index (χ4v) is 2.95. The standard InChI is InChI=1S/C13H23N3O3/c14-9-5-7-16(8-6-9)13(19)15-11-4-2-1-3-10(11)12(17)18/h9-11H,1-8,14H2,(H,15,19)(H,17,18). The van der Waals surface area contributed by atoms with Crippen LogP contribution in [-0.2, 0) is 4.79 Å². The van der Waals surface area contributed by atoms with Crippen LogP contribution >= 0.6 is 0 Å². The number of nitrogens with one attached hydrogen (secondary N) is 1. The van der Waals surface area contributed by atoms with Gasteiger partial charge in [-0.1, -0.05) is 12.8 Å². The minimum Gasteiger partial charge on any atom is -0.481 e. The molecule has 2 amide bonds. The molecule has 2 unspecified atom stereocenters. The van der Waals surface area contributed by atoms with Crippen molar-refractivity contribution < 1.29 is 14.7 Å². The second kappa shape index (κ2) is 6.23. The van der Waals surface area contributed by atoms with E-state index < -0.39 is 11.9 Å². The van der Waals surface area contributed by atoms with Crippen molar-refractivity contribution >= 4 is 12.0 Å². The normalized spacial score (nSPS) is 29.0. The maximum absolute atomic E-state index is 12.1. The largest absolute Gasteiger partial charge is 0.481 e. The van der Waals surface area contributed by atoms with Crippen molar-refractivity contribution in [2.75, 3.05) is 13.1 Å². The molecule has 19 heavy (non-hydrogen) atoms. The Bertz CT molecular complexity index is 340. The first-order valence-corrected chi connectivity index (χ1v) is 7.11. The fraction of sp³-hybridized carbons (Fsp3) is 0.846. The van der Waals surface area contributed by atoms with Gasteiger partial charge in [-0.2, -0.15) is 0 Å². The number of urea groups is 1. The molecule has 2 atom stereocenters. The molecule has 0 aromatic heterocycles. The zero-order chi connectivity index (χ0) is 13.8. The van der Waals surface area contributed by atoms with Gasteiger partial charge in [0.1, 0.15) is 0 Å². The Kier molecular flexibility index (Phi) is 4.63. The van der Waals surface area contributed by atoms with E-state index >= 15 is 0 Å². The van der Waals surface area contributed by atoms with Gasteiger partial charge in [0.2, 0.25) is 0 Å². The van der Waals surface area contributed by atoms with Gasteiger partial charge in [-0.05, 0) is 25.7 Å². The second-order valence-electron chi connectivity index (χ2n) is 5.61. The van der Waals surface area contributed by atoms with E-state index in [2.05, 4.69) is 5.32 Å². The maximum atomic E-state index is 12.1. The molecule has 6 nitrogen and oxygen atoms in total. The van der Waals surface area contributed by atoms with E-state index in [0.29, 0.717) is 19.5 Å². The number of aliphatic carboxylic acids is 1. The van der Waals surface area contributed by atoms with Gasteiger partial charge < -0.3 is 21.1 Å². The van der Waals surface area contributed by atoms with Crippen LogP contribution in [0.1, 0.15) is 38.5 Å². The first kappa shape index (κ1) is 14.1. The Balaban J connectivity index is 1.88. The molecule has 0 radical (unpaired) electrons. The molecule has 1 heterocycles. The molecule has 1 aliphatic heterocycles. The predicted molar refractivity (Wildman–Crippen MR) is 70.7 cm³/mol. The van der Waals surface area contributed by atoms with Gasteiger partial charge in [0.15, 0.2) is 0 Å². The van der Waals surface area contributed by atoms with Gasteiger partial charge in [-0.15, -0.1) is 0 Å². The highest BCUT2D eigenvalue weighted by atomic mass is 16.4. The first-order chi connectivity index (χ1) is 9.08. The number of carbonyl (C=O) groups is 2. The fourth-order valence-electron chi connectivity index (χ4n) is 2.95. The Morgan fingerprint density at radius 1 is 1.11 bits per heavy atom. The number of nitrogens with zero attached hydrogens (tertiary/aromatic N) is 1. The third-order valence-electron chi connectivity index (χ3n) is 4.22. The van der Waals surface area contributed by atoms with Gasteiger partial charge in [0.05, 0.1) is 5.92 Å². The van der Waals surface area contributed by atoms with Crippen molar-refractivity contribution in [3.63, 3.8) is 0 Å². The summed E-state index contributed by atoms with van der Waals surface area (Å²) in [5.74, 6) is -1.24. The molecule has 2 aliphatic rings. The Morgan fingerprint density at radius 2 is 1.74 bits per heavy atom. The molecule has 1 aliphatic carbocycles. The summed E-state index contributed by atoms with van der Waals surface area (Å²) >= 11 is 0. The van der Waals surface area contributed by atoms with Crippen molar-refractivity contribution in [1.82, 2.24) is 10.2 Å². The molecule has 1 saturated heterocycles. The Labute approximate surface area is 113 Å². The number of carboxylic acid groups (broad SMARTS) is 1. The van der Waals surface area contributed by atoms with Crippen LogP contribution in [0.25, 0.3) is 0 Å². The summed E-state index contributed by atoms with van der Waals surface area (Å²) in [6.45, 7) is 1.33. The number of hydrogen-bond acceptors (Lipinski definition) is 3.